The van der Waals surface area contributed by atoms with Crippen molar-refractivity contribution in [3.05, 3.63) is 30.1 Å². The highest BCUT2D eigenvalue weighted by Crippen LogP contribution is 2.21. The number of carbonyl (C=O) groups is 1. The van der Waals surface area contributed by atoms with Crippen LogP contribution in [-0.2, 0) is 11.2 Å². The van der Waals surface area contributed by atoms with Gasteiger partial charge in [-0.3, -0.25) is 9.78 Å². The van der Waals surface area contributed by atoms with Crippen LogP contribution in [-0.4, -0.2) is 52.1 Å². The number of aliphatic hydroxyl groups is 1. The van der Waals surface area contributed by atoms with Gasteiger partial charge in [-0.15, -0.1) is 0 Å². The molecule has 0 radical (unpaired) electrons. The lowest BCUT2D eigenvalue weighted by Gasteiger charge is -2.15. The van der Waals surface area contributed by atoms with E-state index in [2.05, 4.69) is 4.98 Å². The van der Waals surface area contributed by atoms with E-state index in [-0.39, 0.29) is 11.8 Å². The van der Waals surface area contributed by atoms with Crippen LogP contribution in [0.5, 0.6) is 0 Å². The second kappa shape index (κ2) is 6.91. The molecule has 2 rings (SSSR count). The third-order valence-corrected chi connectivity index (χ3v) is 4.09. The van der Waals surface area contributed by atoms with Gasteiger partial charge in [0.1, 0.15) is 0 Å². The van der Waals surface area contributed by atoms with E-state index in [0.717, 1.165) is 17.9 Å². The lowest BCUT2D eigenvalue weighted by atomic mass is 10.00. The molecule has 0 unspecified atom stereocenters. The highest BCUT2D eigenvalue weighted by molar-refractivity contribution is 7.98. The summed E-state index contributed by atoms with van der Waals surface area (Å²) < 4.78 is 0. The van der Waals surface area contributed by atoms with E-state index in [9.17, 15) is 9.90 Å². The molecule has 1 saturated heterocycles. The molecule has 19 heavy (non-hydrogen) atoms. The Labute approximate surface area is 118 Å². The van der Waals surface area contributed by atoms with Crippen LogP contribution in [0.3, 0.4) is 0 Å². The summed E-state index contributed by atoms with van der Waals surface area (Å²) in [6, 6.07) is 5.79. The first-order valence-electron chi connectivity index (χ1n) is 6.55. The lowest BCUT2D eigenvalue weighted by Crippen LogP contribution is -2.29. The van der Waals surface area contributed by atoms with Crippen LogP contribution in [0.15, 0.2) is 24.4 Å². The molecule has 0 bridgehead atoms. The normalized spacial score (nSPS) is 22.7. The van der Waals surface area contributed by atoms with Gasteiger partial charge < -0.3 is 10.0 Å². The molecule has 1 fully saturated rings. The van der Waals surface area contributed by atoms with E-state index < -0.39 is 6.10 Å². The van der Waals surface area contributed by atoms with Crippen LogP contribution in [0.4, 0.5) is 0 Å². The number of aromatic nitrogens is 1. The van der Waals surface area contributed by atoms with E-state index in [4.69, 9.17) is 0 Å². The fourth-order valence-corrected chi connectivity index (χ4v) is 2.77. The maximum Gasteiger partial charge on any atom is 0.223 e. The van der Waals surface area contributed by atoms with Crippen molar-refractivity contribution in [1.29, 1.82) is 0 Å². The number of pyridine rings is 1. The molecule has 1 aliphatic heterocycles. The topological polar surface area (TPSA) is 53.4 Å². The van der Waals surface area contributed by atoms with Gasteiger partial charge in [0.25, 0.3) is 0 Å². The summed E-state index contributed by atoms with van der Waals surface area (Å²) in [6.07, 6.45) is 4.62. The van der Waals surface area contributed by atoms with Crippen LogP contribution in [0, 0.1) is 5.92 Å². The van der Waals surface area contributed by atoms with Gasteiger partial charge >= 0.3 is 0 Å². The summed E-state index contributed by atoms with van der Waals surface area (Å²) in [5.74, 6) is 1.10. The number of thioether (sulfide) groups is 1. The number of hydrogen-bond donors (Lipinski definition) is 1. The summed E-state index contributed by atoms with van der Waals surface area (Å²) >= 11 is 1.67. The predicted octanol–water partition coefficient (Wildman–Crippen LogP) is 1.20. The van der Waals surface area contributed by atoms with Crippen molar-refractivity contribution < 1.29 is 9.90 Å². The number of hydrogen-bond acceptors (Lipinski definition) is 4. The molecule has 104 valence electrons. The lowest BCUT2D eigenvalue weighted by molar-refractivity contribution is -0.130. The summed E-state index contributed by atoms with van der Waals surface area (Å²) in [6.45, 7) is 1.11. The minimum atomic E-state index is -0.430. The molecule has 1 aliphatic rings. The molecule has 4 nitrogen and oxygen atoms in total. The smallest absolute Gasteiger partial charge is 0.223 e. The Hall–Kier alpha value is -1.07. The number of carbonyl (C=O) groups excluding carboxylic acids is 1. The predicted molar refractivity (Wildman–Crippen MR) is 77.0 cm³/mol. The average Bonchev–Trinajstić information content (AvgIpc) is 2.79. The molecular weight excluding hydrogens is 260 g/mol. The molecule has 0 saturated carbocycles. The van der Waals surface area contributed by atoms with Crippen LogP contribution >= 0.6 is 11.8 Å². The summed E-state index contributed by atoms with van der Waals surface area (Å²) in [5.41, 5.74) is 0.977. The Balaban J connectivity index is 1.89. The van der Waals surface area contributed by atoms with Gasteiger partial charge in [-0.25, -0.2) is 0 Å². The summed E-state index contributed by atoms with van der Waals surface area (Å²) in [4.78, 5) is 18.0. The Morgan fingerprint density at radius 2 is 2.37 bits per heavy atom. The van der Waals surface area contributed by atoms with Crippen molar-refractivity contribution in [1.82, 2.24) is 9.88 Å². The van der Waals surface area contributed by atoms with Crippen LogP contribution < -0.4 is 0 Å². The molecule has 1 amide bonds. The fraction of sp³-hybridized carbons (Fsp3) is 0.571. The zero-order valence-corrected chi connectivity index (χ0v) is 12.0. The third kappa shape index (κ3) is 3.94. The van der Waals surface area contributed by atoms with Crippen molar-refractivity contribution in [2.45, 2.75) is 18.9 Å². The van der Waals surface area contributed by atoms with E-state index in [0.29, 0.717) is 19.5 Å². The average molecular weight is 280 g/mol. The Kier molecular flexibility index (Phi) is 5.22. The minimum absolute atomic E-state index is 0.105. The minimum Gasteiger partial charge on any atom is -0.391 e. The van der Waals surface area contributed by atoms with Gasteiger partial charge in [-0.1, -0.05) is 6.07 Å². The van der Waals surface area contributed by atoms with Crippen LogP contribution in [0.2, 0.25) is 0 Å². The highest BCUT2D eigenvalue weighted by atomic mass is 32.2. The Morgan fingerprint density at radius 3 is 3.05 bits per heavy atom. The van der Waals surface area contributed by atoms with E-state index >= 15 is 0 Å². The van der Waals surface area contributed by atoms with Crippen LogP contribution in [0.25, 0.3) is 0 Å². The number of β-amino-alcohol motifs (C(OH)–C–C–N with tert-alkyl or cyclic N) is 1. The van der Waals surface area contributed by atoms with E-state index in [1.165, 1.54) is 0 Å². The van der Waals surface area contributed by atoms with Gasteiger partial charge in [-0.05, 0) is 24.8 Å². The zero-order valence-electron chi connectivity index (χ0n) is 11.2. The number of likely N-dealkylation sites (tertiary alicyclic amines) is 1. The Bertz CT molecular complexity index is 413. The van der Waals surface area contributed by atoms with Gasteiger partial charge in [-0.2, -0.15) is 11.8 Å². The molecule has 5 heteroatoms. The van der Waals surface area contributed by atoms with Crippen LogP contribution in [0.1, 0.15) is 12.1 Å². The van der Waals surface area contributed by atoms with Crippen molar-refractivity contribution in [3.63, 3.8) is 0 Å². The molecule has 1 aromatic heterocycles. The highest BCUT2D eigenvalue weighted by Gasteiger charge is 2.33. The second-order valence-corrected chi connectivity index (χ2v) is 5.88. The van der Waals surface area contributed by atoms with Gasteiger partial charge in [0.15, 0.2) is 0 Å². The van der Waals surface area contributed by atoms with E-state index in [1.807, 2.05) is 24.5 Å². The van der Waals surface area contributed by atoms with Gasteiger partial charge in [0.05, 0.1) is 6.10 Å². The third-order valence-electron chi connectivity index (χ3n) is 3.48. The summed E-state index contributed by atoms with van der Waals surface area (Å²) in [7, 11) is 0. The molecule has 0 aliphatic carbocycles. The Morgan fingerprint density at radius 1 is 1.53 bits per heavy atom. The molecular formula is C14H20N2O2S. The first kappa shape index (κ1) is 14.3. The van der Waals surface area contributed by atoms with Crippen molar-refractivity contribution in [3.8, 4) is 0 Å². The number of nitrogens with zero attached hydrogens (tertiary/aromatic N) is 2. The first-order valence-corrected chi connectivity index (χ1v) is 7.94. The molecule has 0 spiro atoms. The van der Waals surface area contributed by atoms with Gasteiger partial charge in [0, 0.05) is 43.1 Å². The number of rotatable bonds is 5. The van der Waals surface area contributed by atoms with Gasteiger partial charge in [0.2, 0.25) is 5.91 Å². The molecule has 2 atom stereocenters. The molecule has 2 heterocycles. The zero-order chi connectivity index (χ0) is 13.7. The SMILES string of the molecule is CSCCC(=O)N1C[C@@H](Cc2ccccn2)[C@H](O)C1. The largest absolute Gasteiger partial charge is 0.391 e. The number of aliphatic hydroxyl groups excluding tert-OH is 1. The quantitative estimate of drug-likeness (QED) is 0.880. The summed E-state index contributed by atoms with van der Waals surface area (Å²) in [5, 5.41) is 10.1. The number of amides is 1. The molecule has 1 aromatic rings. The first-order chi connectivity index (χ1) is 9.20. The van der Waals surface area contributed by atoms with E-state index in [1.54, 1.807) is 22.9 Å². The maximum absolute atomic E-state index is 11.9. The fourth-order valence-electron chi connectivity index (χ4n) is 2.39. The standard InChI is InChI=1S/C14H20N2O2S/c1-19-7-5-14(18)16-9-11(13(17)10-16)8-12-4-2-3-6-15-12/h2-4,6,11,13,17H,5,7-10H2,1H3/t11-,13-/m1/s1. The second-order valence-electron chi connectivity index (χ2n) is 4.89. The molecule has 1 N–H and O–H groups in total. The van der Waals surface area contributed by atoms with Crippen molar-refractivity contribution >= 4 is 17.7 Å². The van der Waals surface area contributed by atoms with Crippen molar-refractivity contribution in [2.24, 2.45) is 5.92 Å². The maximum atomic E-state index is 11.9. The van der Waals surface area contributed by atoms with Crippen molar-refractivity contribution in [2.75, 3.05) is 25.1 Å². The molecule has 0 aromatic carbocycles. The monoisotopic (exact) mass is 280 g/mol.